The van der Waals surface area contributed by atoms with E-state index in [4.69, 9.17) is 28.8 Å². The number of esters is 1. The third-order valence-electron chi connectivity index (χ3n) is 9.63. The lowest BCUT2D eigenvalue weighted by Crippen LogP contribution is -2.42. The van der Waals surface area contributed by atoms with Crippen LogP contribution >= 0.6 is 0 Å². The minimum absolute atomic E-state index is 0.0985. The van der Waals surface area contributed by atoms with Crippen LogP contribution in [0.25, 0.3) is 11.3 Å². The highest BCUT2D eigenvalue weighted by Gasteiger charge is 2.35. The van der Waals surface area contributed by atoms with Crippen molar-refractivity contribution in [1.82, 2.24) is 15.0 Å². The zero-order valence-corrected chi connectivity index (χ0v) is 25.5. The Morgan fingerprint density at radius 3 is 2.30 bits per heavy atom. The second-order valence-electron chi connectivity index (χ2n) is 12.5. The minimum Gasteiger partial charge on any atom is -0.495 e. The SMILES string of the molecule is COc1ccc([C@H]2CC[C@H](CN(c3cc(-c4coc(C5CC5)n4)ccn3)C(=O)[C@H]3CC[C@H](C(=O)OC)CC3)CC2)nc1C. The summed E-state index contributed by atoms with van der Waals surface area (Å²) in [6.45, 7) is 2.61. The van der Waals surface area contributed by atoms with Crippen molar-refractivity contribution < 1.29 is 23.5 Å². The summed E-state index contributed by atoms with van der Waals surface area (Å²) in [7, 11) is 3.11. The van der Waals surface area contributed by atoms with E-state index < -0.39 is 0 Å². The van der Waals surface area contributed by atoms with Gasteiger partial charge in [0.1, 0.15) is 23.5 Å². The number of pyridine rings is 2. The van der Waals surface area contributed by atoms with Gasteiger partial charge >= 0.3 is 5.97 Å². The van der Waals surface area contributed by atoms with E-state index in [1.807, 2.05) is 30.0 Å². The van der Waals surface area contributed by atoms with Gasteiger partial charge in [-0.3, -0.25) is 19.5 Å². The maximum Gasteiger partial charge on any atom is 0.308 e. The molecular formula is C34H42N4O5. The maximum absolute atomic E-state index is 14.2. The van der Waals surface area contributed by atoms with Gasteiger partial charge in [0.2, 0.25) is 5.91 Å². The van der Waals surface area contributed by atoms with E-state index in [1.54, 1.807) is 19.6 Å². The second-order valence-corrected chi connectivity index (χ2v) is 12.5. The molecule has 43 heavy (non-hydrogen) atoms. The number of methoxy groups -OCH3 is 2. The van der Waals surface area contributed by atoms with Crippen molar-refractivity contribution in [3.8, 4) is 17.0 Å². The molecule has 3 aliphatic rings. The van der Waals surface area contributed by atoms with E-state index >= 15 is 0 Å². The summed E-state index contributed by atoms with van der Waals surface area (Å²) in [4.78, 5) is 42.4. The molecule has 0 aliphatic heterocycles. The van der Waals surface area contributed by atoms with Gasteiger partial charge in [-0.15, -0.1) is 0 Å². The topological polar surface area (TPSA) is 108 Å². The first-order valence-corrected chi connectivity index (χ1v) is 15.8. The number of carbonyl (C=O) groups is 2. The number of anilines is 1. The molecule has 9 heteroatoms. The summed E-state index contributed by atoms with van der Waals surface area (Å²) in [6, 6.07) is 8.00. The second kappa shape index (κ2) is 12.9. The van der Waals surface area contributed by atoms with Crippen molar-refractivity contribution in [1.29, 1.82) is 0 Å². The first kappa shape index (κ1) is 29.3. The van der Waals surface area contributed by atoms with Crippen LogP contribution in [-0.2, 0) is 14.3 Å². The summed E-state index contributed by atoms with van der Waals surface area (Å²) in [5, 5.41) is 0. The van der Waals surface area contributed by atoms with Crippen molar-refractivity contribution in [3.63, 3.8) is 0 Å². The number of aryl methyl sites for hydroxylation is 1. The fraction of sp³-hybridized carbons (Fsp3) is 0.559. The number of hydrogen-bond donors (Lipinski definition) is 0. The number of carbonyl (C=O) groups excluding carboxylic acids is 2. The zero-order valence-electron chi connectivity index (χ0n) is 25.5. The van der Waals surface area contributed by atoms with E-state index in [1.165, 1.54) is 7.11 Å². The number of hydrogen-bond acceptors (Lipinski definition) is 8. The summed E-state index contributed by atoms with van der Waals surface area (Å²) in [5.74, 6) is 3.14. The highest BCUT2D eigenvalue weighted by molar-refractivity contribution is 5.95. The van der Waals surface area contributed by atoms with Crippen LogP contribution in [0.3, 0.4) is 0 Å². The van der Waals surface area contributed by atoms with Gasteiger partial charge in [0.05, 0.1) is 25.8 Å². The van der Waals surface area contributed by atoms with Gasteiger partial charge in [-0.1, -0.05) is 0 Å². The largest absolute Gasteiger partial charge is 0.495 e. The Morgan fingerprint density at radius 1 is 0.907 bits per heavy atom. The summed E-state index contributed by atoms with van der Waals surface area (Å²) < 4.78 is 16.1. The number of rotatable bonds is 9. The van der Waals surface area contributed by atoms with Crippen LogP contribution < -0.4 is 9.64 Å². The molecule has 0 spiro atoms. The number of ether oxygens (including phenoxy) is 2. The number of amides is 1. The lowest BCUT2D eigenvalue weighted by atomic mass is 9.79. The van der Waals surface area contributed by atoms with Crippen molar-refractivity contribution in [2.24, 2.45) is 17.8 Å². The number of oxazole rings is 1. The molecule has 1 amide bonds. The Morgan fingerprint density at radius 2 is 1.63 bits per heavy atom. The highest BCUT2D eigenvalue weighted by atomic mass is 16.5. The Kier molecular flexibility index (Phi) is 8.77. The molecule has 0 unspecified atom stereocenters. The average Bonchev–Trinajstić information content (AvgIpc) is 3.79. The molecule has 3 fully saturated rings. The van der Waals surface area contributed by atoms with Gasteiger partial charge in [-0.25, -0.2) is 9.97 Å². The molecule has 3 heterocycles. The van der Waals surface area contributed by atoms with E-state index in [9.17, 15) is 9.59 Å². The molecular weight excluding hydrogens is 544 g/mol. The molecule has 228 valence electrons. The van der Waals surface area contributed by atoms with Crippen LogP contribution in [-0.4, -0.2) is 47.6 Å². The van der Waals surface area contributed by atoms with Gasteiger partial charge in [0.25, 0.3) is 0 Å². The lowest BCUT2D eigenvalue weighted by Gasteiger charge is -2.35. The molecule has 3 aromatic heterocycles. The van der Waals surface area contributed by atoms with Crippen LogP contribution in [0.4, 0.5) is 5.82 Å². The smallest absolute Gasteiger partial charge is 0.308 e. The highest BCUT2D eigenvalue weighted by Crippen LogP contribution is 2.41. The van der Waals surface area contributed by atoms with E-state index in [0.717, 1.165) is 72.8 Å². The van der Waals surface area contributed by atoms with Gasteiger partial charge in [-0.05, 0) is 101 Å². The zero-order chi connectivity index (χ0) is 29.9. The molecule has 0 atom stereocenters. The standard InChI is InChI=1S/C34H42N4O5/c1-21-30(41-2)15-14-28(36-21)23-6-4-22(5-7-23)19-38(33(39)25-10-12-26(13-11-25)34(40)42-3)31-18-27(16-17-35-31)29-20-43-32(37-29)24-8-9-24/h14-18,20,22-26H,4-13,19H2,1-3H3/t22-,23-,25-,26-. The minimum atomic E-state index is -0.173. The van der Waals surface area contributed by atoms with Crippen molar-refractivity contribution in [2.45, 2.75) is 83.0 Å². The molecule has 0 aromatic carbocycles. The first-order chi connectivity index (χ1) is 20.9. The number of aromatic nitrogens is 3. The van der Waals surface area contributed by atoms with Crippen molar-refractivity contribution in [3.05, 3.63) is 54.0 Å². The predicted molar refractivity (Wildman–Crippen MR) is 162 cm³/mol. The number of nitrogens with zero attached hydrogens (tertiary/aromatic N) is 4. The Balaban J connectivity index is 1.19. The third-order valence-corrected chi connectivity index (χ3v) is 9.63. The van der Waals surface area contributed by atoms with Crippen molar-refractivity contribution in [2.75, 3.05) is 25.7 Å². The van der Waals surface area contributed by atoms with Gasteiger partial charge in [0, 0.05) is 41.8 Å². The molecule has 3 aromatic rings. The Hall–Kier alpha value is -3.75. The van der Waals surface area contributed by atoms with Crippen LogP contribution in [0.5, 0.6) is 5.75 Å². The van der Waals surface area contributed by atoms with Gasteiger partial charge in [0.15, 0.2) is 5.89 Å². The quantitative estimate of drug-likeness (QED) is 0.258. The molecule has 0 radical (unpaired) electrons. The third kappa shape index (κ3) is 6.60. The monoisotopic (exact) mass is 586 g/mol. The van der Waals surface area contributed by atoms with Crippen LogP contribution in [0, 0.1) is 24.7 Å². The van der Waals surface area contributed by atoms with E-state index in [2.05, 4.69) is 6.07 Å². The van der Waals surface area contributed by atoms with Crippen LogP contribution in [0.15, 0.2) is 41.1 Å². The Bertz CT molecular complexity index is 1430. The average molecular weight is 587 g/mol. The van der Waals surface area contributed by atoms with Crippen LogP contribution in [0.2, 0.25) is 0 Å². The Labute approximate surface area is 253 Å². The molecule has 9 nitrogen and oxygen atoms in total. The van der Waals surface area contributed by atoms with Crippen molar-refractivity contribution >= 4 is 17.7 Å². The molecule has 6 rings (SSSR count). The van der Waals surface area contributed by atoms with Gasteiger partial charge < -0.3 is 13.9 Å². The summed E-state index contributed by atoms with van der Waals surface area (Å²) in [6.07, 6.45) is 12.5. The fourth-order valence-corrected chi connectivity index (χ4v) is 6.83. The summed E-state index contributed by atoms with van der Waals surface area (Å²) >= 11 is 0. The molecule has 3 aliphatic carbocycles. The fourth-order valence-electron chi connectivity index (χ4n) is 6.83. The van der Waals surface area contributed by atoms with Gasteiger partial charge in [-0.2, -0.15) is 0 Å². The maximum atomic E-state index is 14.2. The van der Waals surface area contributed by atoms with E-state index in [0.29, 0.717) is 55.8 Å². The molecule has 0 N–H and O–H groups in total. The normalized spacial score (nSPS) is 23.9. The van der Waals surface area contributed by atoms with E-state index in [-0.39, 0.29) is 23.7 Å². The molecule has 0 bridgehead atoms. The predicted octanol–water partition coefficient (Wildman–Crippen LogP) is 6.61. The molecule has 3 saturated carbocycles. The lowest BCUT2D eigenvalue weighted by molar-refractivity contribution is -0.147. The first-order valence-electron chi connectivity index (χ1n) is 15.8. The van der Waals surface area contributed by atoms with Crippen LogP contribution in [0.1, 0.15) is 93.3 Å². The summed E-state index contributed by atoms with van der Waals surface area (Å²) in [5.41, 5.74) is 3.72. The molecule has 0 saturated heterocycles.